The number of urea groups is 2. The van der Waals surface area contributed by atoms with E-state index in [2.05, 4.69) is 51.2 Å². The first kappa shape index (κ1) is 43.5. The number of ketones is 2. The highest BCUT2D eigenvalue weighted by Crippen LogP contribution is 2.37. The number of nitrogens with zero attached hydrogens (tertiary/aromatic N) is 4. The first-order valence-electron chi connectivity index (χ1n) is 18.9. The molecule has 8 rings (SSSR count). The zero-order valence-corrected chi connectivity index (χ0v) is 35.1. The van der Waals surface area contributed by atoms with Crippen molar-refractivity contribution in [2.24, 2.45) is 11.8 Å². The highest BCUT2D eigenvalue weighted by atomic mass is 32.2. The van der Waals surface area contributed by atoms with Crippen molar-refractivity contribution in [3.05, 3.63) is 96.1 Å². The molecule has 0 atom stereocenters. The number of benzene rings is 2. The predicted molar refractivity (Wildman–Crippen MR) is 225 cm³/mol. The molecule has 0 aliphatic heterocycles. The Hall–Kier alpha value is -5.58. The average Bonchev–Trinajstić information content (AvgIpc) is 4.09. The van der Waals surface area contributed by atoms with Gasteiger partial charge < -0.3 is 20.6 Å². The fraction of sp³-hybridized carbons (Fsp3) is 0.282. The van der Waals surface area contributed by atoms with Crippen molar-refractivity contribution in [2.45, 2.75) is 76.3 Å². The Bertz CT molecular complexity index is 2460. The summed E-state index contributed by atoms with van der Waals surface area (Å²) < 4.78 is 55.0. The van der Waals surface area contributed by atoms with Crippen molar-refractivity contribution in [3.63, 3.8) is 0 Å². The zero-order valence-electron chi connectivity index (χ0n) is 31.8. The van der Waals surface area contributed by atoms with Gasteiger partial charge in [0.05, 0.1) is 37.8 Å². The van der Waals surface area contributed by atoms with Crippen LogP contribution in [-0.4, -0.2) is 53.5 Å². The van der Waals surface area contributed by atoms with Gasteiger partial charge in [-0.3, -0.25) is 20.2 Å². The van der Waals surface area contributed by atoms with Crippen LogP contribution in [0.25, 0.3) is 0 Å². The molecular weight excluding hydrogens is 877 g/mol. The van der Waals surface area contributed by atoms with Gasteiger partial charge in [-0.15, -0.1) is 0 Å². The molecule has 0 saturated heterocycles. The molecule has 6 aromatic rings. The maximum absolute atomic E-state index is 13.7. The molecule has 2 aliphatic carbocycles. The van der Waals surface area contributed by atoms with E-state index in [1.807, 2.05) is 0 Å². The maximum atomic E-state index is 13.7. The minimum Gasteiger partial charge on any atom is -0.339 e. The lowest BCUT2D eigenvalue weighted by Crippen LogP contribution is -2.22. The molecule has 2 fully saturated rings. The lowest BCUT2D eigenvalue weighted by Gasteiger charge is -2.16. The number of rotatable bonds is 12. The third-order valence-corrected chi connectivity index (χ3v) is 13.4. The Morgan fingerprint density at radius 2 is 1.10 bits per heavy atom. The molecule has 4 aromatic heterocycles. The highest BCUT2D eigenvalue weighted by molar-refractivity contribution is 8.01. The molecule has 0 bridgehead atoms. The quantitative estimate of drug-likeness (QED) is 0.0507. The number of nitrogens with one attached hydrogen (secondary N) is 6. The van der Waals surface area contributed by atoms with Crippen LogP contribution in [0, 0.1) is 17.7 Å². The van der Waals surface area contributed by atoms with Gasteiger partial charge in [-0.2, -0.15) is 13.2 Å². The van der Waals surface area contributed by atoms with E-state index in [-0.39, 0.29) is 40.2 Å². The number of imidazole rings is 2. The van der Waals surface area contributed by atoms with E-state index >= 15 is 0 Å². The van der Waals surface area contributed by atoms with Crippen LogP contribution in [0.4, 0.5) is 48.8 Å². The van der Waals surface area contributed by atoms with E-state index in [1.165, 1.54) is 64.4 Å². The van der Waals surface area contributed by atoms with Crippen LogP contribution in [0.3, 0.4) is 0 Å². The van der Waals surface area contributed by atoms with Gasteiger partial charge >= 0.3 is 18.2 Å². The van der Waals surface area contributed by atoms with Gasteiger partial charge in [0, 0.05) is 47.8 Å². The van der Waals surface area contributed by atoms with Crippen molar-refractivity contribution >= 4 is 91.5 Å². The van der Waals surface area contributed by atoms with Crippen molar-refractivity contribution < 1.29 is 36.7 Å². The molecule has 0 unspecified atom stereocenters. The molecule has 61 heavy (non-hydrogen) atoms. The van der Waals surface area contributed by atoms with Gasteiger partial charge in [0.2, 0.25) is 0 Å². The van der Waals surface area contributed by atoms with Gasteiger partial charge in [-0.05, 0) is 85.6 Å². The first-order valence-corrected chi connectivity index (χ1v) is 22.2. The molecular formula is C39H36F4N10O4S4. The number of Topliss-reactive ketones (excluding diaryl/α,β-unsaturated/α-hetero) is 2. The predicted octanol–water partition coefficient (Wildman–Crippen LogP) is 11.2. The number of amides is 4. The van der Waals surface area contributed by atoms with E-state index in [0.717, 1.165) is 70.3 Å². The molecule has 2 aliphatic rings. The standard InChI is InChI=1S/C20H18F3N5O2S2.C19H18FN5O2S2/c21-20(22,23)12-5-6-14(13(9-12)16(29)11-3-1-2-4-11)27-17(30)28-19-26-10-15(32-19)31-18-24-7-8-25-18;20-12-5-6-14(13(9-12)16(26)11-3-1-2-4-11)24-17(27)25-19-23-10-15(29-19)28-18-21-7-8-22-18/h5-11H,1-4H2,(H,24,25)(H2,26,27,28,30);5-11H,1-4H2,(H,21,22)(H2,23,24,25,27). The van der Waals surface area contributed by atoms with Crippen LogP contribution < -0.4 is 21.3 Å². The van der Waals surface area contributed by atoms with Crippen molar-refractivity contribution in [3.8, 4) is 0 Å². The summed E-state index contributed by atoms with van der Waals surface area (Å²) in [5.41, 5.74) is -0.517. The number of halogens is 4. The van der Waals surface area contributed by atoms with Gasteiger partial charge in [0.15, 0.2) is 32.1 Å². The normalized spacial score (nSPS) is 14.3. The van der Waals surface area contributed by atoms with Crippen molar-refractivity contribution in [1.29, 1.82) is 0 Å². The third-order valence-electron chi connectivity index (χ3n) is 9.56. The number of carbonyl (C=O) groups is 4. The van der Waals surface area contributed by atoms with E-state index in [0.29, 0.717) is 33.9 Å². The van der Waals surface area contributed by atoms with Gasteiger partial charge in [0.1, 0.15) is 5.82 Å². The van der Waals surface area contributed by atoms with E-state index in [9.17, 15) is 36.7 Å². The summed E-state index contributed by atoms with van der Waals surface area (Å²) in [7, 11) is 0. The monoisotopic (exact) mass is 912 g/mol. The number of H-pyrrole nitrogens is 2. The minimum atomic E-state index is -4.59. The maximum Gasteiger partial charge on any atom is 0.416 e. The van der Waals surface area contributed by atoms with E-state index in [4.69, 9.17) is 0 Å². The number of anilines is 4. The topological polar surface area (TPSA) is 200 Å². The number of thiazole rings is 2. The Balaban J connectivity index is 0.000000185. The first-order chi connectivity index (χ1) is 29.4. The lowest BCUT2D eigenvalue weighted by molar-refractivity contribution is -0.137. The molecule has 4 amide bonds. The summed E-state index contributed by atoms with van der Waals surface area (Å²) in [6.07, 6.45) is 11.9. The smallest absolute Gasteiger partial charge is 0.339 e. The molecule has 22 heteroatoms. The van der Waals surface area contributed by atoms with E-state index < -0.39 is 29.6 Å². The molecule has 14 nitrogen and oxygen atoms in total. The molecule has 0 radical (unpaired) electrons. The molecule has 4 heterocycles. The number of aromatic amines is 2. The Kier molecular flexibility index (Phi) is 14.2. The van der Waals surface area contributed by atoms with E-state index in [1.54, 1.807) is 37.2 Å². The Morgan fingerprint density at radius 1 is 0.639 bits per heavy atom. The third kappa shape index (κ3) is 11.8. The SMILES string of the molecule is O=C(Nc1ncc(Sc2ncc[nH]2)s1)Nc1ccc(C(F)(F)F)cc1C(=O)C1CCCC1.O=C(Nc1ncc(Sc2ncc[nH]2)s1)Nc1ccc(F)cc1C(=O)C1CCCC1. The van der Waals surface area contributed by atoms with Gasteiger partial charge in [-0.25, -0.2) is 33.9 Å². The van der Waals surface area contributed by atoms with Gasteiger partial charge in [-0.1, -0.05) is 48.4 Å². The van der Waals surface area contributed by atoms with Crippen LogP contribution in [0.1, 0.15) is 77.6 Å². The number of hydrogen-bond donors (Lipinski definition) is 6. The fourth-order valence-electron chi connectivity index (χ4n) is 6.71. The summed E-state index contributed by atoms with van der Waals surface area (Å²) in [5, 5.41) is 12.5. The Labute approximate surface area is 362 Å². The second-order valence-electron chi connectivity index (χ2n) is 13.8. The Morgan fingerprint density at radius 3 is 1.54 bits per heavy atom. The summed E-state index contributed by atoms with van der Waals surface area (Å²) in [6, 6.07) is 5.37. The molecule has 0 spiro atoms. The summed E-state index contributed by atoms with van der Waals surface area (Å²) in [5.74, 6) is -1.45. The van der Waals surface area contributed by atoms with Crippen LogP contribution in [0.5, 0.6) is 0 Å². The van der Waals surface area contributed by atoms with Crippen molar-refractivity contribution in [2.75, 3.05) is 21.3 Å². The number of carbonyl (C=O) groups excluding carboxylic acids is 4. The zero-order chi connectivity index (χ0) is 42.9. The fourth-order valence-corrected chi connectivity index (χ4v) is 10.2. The number of alkyl halides is 3. The van der Waals surface area contributed by atoms with Gasteiger partial charge in [0.25, 0.3) is 0 Å². The number of hydrogen-bond acceptors (Lipinski definition) is 12. The molecule has 2 saturated carbocycles. The van der Waals surface area contributed by atoms with Crippen LogP contribution >= 0.6 is 46.2 Å². The van der Waals surface area contributed by atoms with Crippen molar-refractivity contribution in [1.82, 2.24) is 29.9 Å². The average molecular weight is 913 g/mol. The lowest BCUT2D eigenvalue weighted by atomic mass is 9.93. The second kappa shape index (κ2) is 19.9. The second-order valence-corrected chi connectivity index (χ2v) is 18.4. The minimum absolute atomic E-state index is 0.0362. The van der Waals surface area contributed by atoms with Crippen LogP contribution in [0.15, 0.2) is 92.3 Å². The number of aromatic nitrogens is 6. The molecule has 318 valence electrons. The molecule has 2 aromatic carbocycles. The summed E-state index contributed by atoms with van der Waals surface area (Å²) in [6.45, 7) is 0. The van der Waals surface area contributed by atoms with Crippen LogP contribution in [0.2, 0.25) is 0 Å². The molecule has 6 N–H and O–H groups in total. The summed E-state index contributed by atoms with van der Waals surface area (Å²) in [4.78, 5) is 72.9. The summed E-state index contributed by atoms with van der Waals surface area (Å²) >= 11 is 5.24. The van der Waals surface area contributed by atoms with Crippen LogP contribution in [-0.2, 0) is 6.18 Å². The highest BCUT2D eigenvalue weighted by Gasteiger charge is 2.34. The largest absolute Gasteiger partial charge is 0.416 e.